The molecule has 166 valence electrons. The number of ether oxygens (including phenoxy) is 1. The van der Waals surface area contributed by atoms with Crippen LogP contribution in [0, 0.1) is 0 Å². The molecule has 4 rings (SSSR count). The van der Waals surface area contributed by atoms with Crippen molar-refractivity contribution in [2.45, 2.75) is 86.2 Å². The van der Waals surface area contributed by atoms with Crippen molar-refractivity contribution in [3.8, 4) is 0 Å². The van der Waals surface area contributed by atoms with Gasteiger partial charge in [-0.2, -0.15) is 5.48 Å². The smallest absolute Gasteiger partial charge is 0.138 e. The summed E-state index contributed by atoms with van der Waals surface area (Å²) in [6.07, 6.45) is 6.06. The van der Waals surface area contributed by atoms with Gasteiger partial charge >= 0.3 is 0 Å². The molecule has 3 saturated heterocycles. The van der Waals surface area contributed by atoms with Crippen LogP contribution in [0.3, 0.4) is 0 Å². The van der Waals surface area contributed by atoms with E-state index in [1.165, 1.54) is 5.57 Å². The summed E-state index contributed by atoms with van der Waals surface area (Å²) >= 11 is 8.36. The van der Waals surface area contributed by atoms with E-state index in [4.69, 9.17) is 21.5 Å². The van der Waals surface area contributed by atoms with Crippen LogP contribution in [0.2, 0.25) is 0 Å². The fraction of sp³-hybridized carbons (Fsp3) is 0.889. The molecule has 0 amide bonds. The van der Waals surface area contributed by atoms with Gasteiger partial charge in [0, 0.05) is 12.5 Å². The number of nitrogens with zero attached hydrogens (tertiary/aromatic N) is 1. The second kappa shape index (κ2) is 9.66. The number of alkyl halides is 1. The van der Waals surface area contributed by atoms with Gasteiger partial charge < -0.3 is 9.94 Å². The van der Waals surface area contributed by atoms with E-state index < -0.39 is 0 Å². The van der Waals surface area contributed by atoms with Crippen LogP contribution in [0.4, 0.5) is 0 Å². The molecular weight excluding hydrogens is 414 g/mol. The quantitative estimate of drug-likeness (QED) is 0.0903. The third kappa shape index (κ3) is 5.45. The molecule has 9 nitrogen and oxygen atoms in total. The Bertz CT molecular complexity index is 597. The number of hydroxylamine groups is 1. The van der Waals surface area contributed by atoms with E-state index in [2.05, 4.69) is 56.9 Å². The van der Waals surface area contributed by atoms with Gasteiger partial charge in [0.05, 0.1) is 35.9 Å². The first-order valence-corrected chi connectivity index (χ1v) is 11.8. The van der Waals surface area contributed by atoms with Crippen molar-refractivity contribution in [3.63, 3.8) is 0 Å². The number of nitrogens with one attached hydrogen (secondary N) is 6. The Morgan fingerprint density at radius 2 is 2.14 bits per heavy atom. The van der Waals surface area contributed by atoms with Crippen LogP contribution in [0.15, 0.2) is 11.6 Å². The largest absolute Gasteiger partial charge is 0.351 e. The molecule has 3 fully saturated rings. The zero-order chi connectivity index (χ0) is 20.5. The molecule has 0 aromatic rings. The zero-order valence-electron chi connectivity index (χ0n) is 17.2. The van der Waals surface area contributed by atoms with Crippen LogP contribution in [-0.4, -0.2) is 76.9 Å². The molecular formula is C18H34ClN7O2S. The van der Waals surface area contributed by atoms with Crippen molar-refractivity contribution in [1.82, 2.24) is 37.0 Å². The van der Waals surface area contributed by atoms with Gasteiger partial charge in [-0.1, -0.05) is 11.6 Å². The molecule has 29 heavy (non-hydrogen) atoms. The third-order valence-corrected chi connectivity index (χ3v) is 7.80. The minimum absolute atomic E-state index is 0.0784. The maximum absolute atomic E-state index is 8.94. The molecule has 0 saturated carbocycles. The fourth-order valence-electron chi connectivity index (χ4n) is 4.34. The average molecular weight is 448 g/mol. The Morgan fingerprint density at radius 1 is 1.34 bits per heavy atom. The zero-order valence-corrected chi connectivity index (χ0v) is 18.8. The molecule has 4 aliphatic rings. The summed E-state index contributed by atoms with van der Waals surface area (Å²) in [4.78, 5) is 2.05. The minimum atomic E-state index is 0.0784. The predicted molar refractivity (Wildman–Crippen MR) is 115 cm³/mol. The topological polar surface area (TPSA) is 108 Å². The number of allylic oxidation sites excluding steroid dienone is 1. The predicted octanol–water partition coefficient (Wildman–Crippen LogP) is 0.00190. The van der Waals surface area contributed by atoms with Gasteiger partial charge in [-0.25, -0.2) is 0 Å². The van der Waals surface area contributed by atoms with E-state index in [1.807, 2.05) is 18.8 Å². The summed E-state index contributed by atoms with van der Waals surface area (Å²) in [5.41, 5.74) is 3.74. The molecule has 0 spiro atoms. The molecule has 11 heteroatoms. The maximum atomic E-state index is 8.94. The van der Waals surface area contributed by atoms with E-state index in [1.54, 1.807) is 0 Å². The third-order valence-electron chi connectivity index (χ3n) is 6.08. The summed E-state index contributed by atoms with van der Waals surface area (Å²) in [5, 5.41) is 27.2. The van der Waals surface area contributed by atoms with Crippen molar-refractivity contribution in [2.75, 3.05) is 13.7 Å². The number of rotatable bonds is 8. The summed E-state index contributed by atoms with van der Waals surface area (Å²) in [6.45, 7) is 4.67. The monoisotopic (exact) mass is 447 g/mol. The van der Waals surface area contributed by atoms with Crippen LogP contribution in [0.1, 0.15) is 33.1 Å². The van der Waals surface area contributed by atoms with Gasteiger partial charge in [-0.05, 0) is 33.7 Å². The van der Waals surface area contributed by atoms with Crippen LogP contribution in [0.5, 0.6) is 0 Å². The average Bonchev–Trinajstić information content (AvgIpc) is 3.39. The lowest BCUT2D eigenvalue weighted by atomic mass is 9.94. The van der Waals surface area contributed by atoms with Gasteiger partial charge in [0.15, 0.2) is 0 Å². The summed E-state index contributed by atoms with van der Waals surface area (Å²) in [5.74, 6) is 0. The lowest BCUT2D eigenvalue weighted by Gasteiger charge is -2.44. The number of hydrogen-bond acceptors (Lipinski definition) is 10. The molecule has 0 radical (unpaired) electrons. The lowest BCUT2D eigenvalue weighted by molar-refractivity contribution is 0.0483. The van der Waals surface area contributed by atoms with Crippen LogP contribution < -0.4 is 32.1 Å². The second-order valence-electron chi connectivity index (χ2n) is 8.41. The molecule has 0 bridgehead atoms. The number of thioether (sulfide) groups is 1. The van der Waals surface area contributed by atoms with E-state index in [9.17, 15) is 0 Å². The highest BCUT2D eigenvalue weighted by Gasteiger charge is 2.52. The molecule has 3 heterocycles. The molecule has 9 atom stereocenters. The van der Waals surface area contributed by atoms with Gasteiger partial charge in [-0.3, -0.25) is 31.5 Å². The number of hydrogen-bond donors (Lipinski definition) is 7. The Hall–Kier alpha value is 0.0200. The molecule has 7 N–H and O–H groups in total. The first-order chi connectivity index (χ1) is 13.9. The SMILES string of the molecule is CC1=CCCC(Cl)C1NC1OC1C1NC(NC2CC(N(C)CNO)NC(C)N2)S1. The van der Waals surface area contributed by atoms with Gasteiger partial charge in [0.25, 0.3) is 0 Å². The first-order valence-electron chi connectivity index (χ1n) is 10.4. The van der Waals surface area contributed by atoms with Crippen molar-refractivity contribution in [3.05, 3.63) is 11.6 Å². The van der Waals surface area contributed by atoms with Gasteiger partial charge in [-0.15, -0.1) is 23.4 Å². The summed E-state index contributed by atoms with van der Waals surface area (Å²) in [7, 11) is 1.98. The number of epoxide rings is 1. The van der Waals surface area contributed by atoms with Crippen molar-refractivity contribution in [2.24, 2.45) is 0 Å². The Morgan fingerprint density at radius 3 is 2.86 bits per heavy atom. The second-order valence-corrected chi connectivity index (χ2v) is 10.2. The van der Waals surface area contributed by atoms with E-state index in [-0.39, 0.29) is 47.7 Å². The van der Waals surface area contributed by atoms with E-state index in [0.29, 0.717) is 12.0 Å². The van der Waals surface area contributed by atoms with Crippen molar-refractivity contribution < 1.29 is 9.94 Å². The van der Waals surface area contributed by atoms with Crippen LogP contribution in [0.25, 0.3) is 0 Å². The van der Waals surface area contributed by atoms with Gasteiger partial charge in [0.2, 0.25) is 0 Å². The Balaban J connectivity index is 1.18. The standard InChI is InChI=1S/C18H34ClN7O2S/c1-9-5-4-6-11(19)14(9)24-16-15(28-16)17-25-18(29-17)23-12-7-13(22-10(2)21-12)26(3)8-20-27/h5,10-18,20-25,27H,4,6-8H2,1-3H3. The van der Waals surface area contributed by atoms with Crippen LogP contribution in [-0.2, 0) is 4.74 Å². The van der Waals surface area contributed by atoms with Crippen molar-refractivity contribution >= 4 is 23.4 Å². The normalized spacial score (nSPS) is 45.0. The number of halogens is 1. The Kier molecular flexibility index (Phi) is 7.40. The minimum Gasteiger partial charge on any atom is -0.351 e. The van der Waals surface area contributed by atoms with Gasteiger partial charge in [0.1, 0.15) is 17.8 Å². The molecule has 9 unspecified atom stereocenters. The first kappa shape index (κ1) is 22.2. The highest BCUT2D eigenvalue weighted by atomic mass is 35.5. The van der Waals surface area contributed by atoms with Crippen molar-refractivity contribution in [1.29, 1.82) is 0 Å². The molecule has 0 aromatic heterocycles. The maximum Gasteiger partial charge on any atom is 0.138 e. The molecule has 0 aromatic carbocycles. The summed E-state index contributed by atoms with van der Waals surface area (Å²) < 4.78 is 5.88. The highest BCUT2D eigenvalue weighted by Crippen LogP contribution is 2.38. The van der Waals surface area contributed by atoms with E-state index >= 15 is 0 Å². The van der Waals surface area contributed by atoms with Crippen LogP contribution >= 0.6 is 23.4 Å². The summed E-state index contributed by atoms with van der Waals surface area (Å²) in [6, 6.07) is 0.210. The molecule has 1 aliphatic carbocycles. The Labute approximate surface area is 182 Å². The van der Waals surface area contributed by atoms with E-state index in [0.717, 1.165) is 19.3 Å². The fourth-order valence-corrected chi connectivity index (χ4v) is 5.85. The highest BCUT2D eigenvalue weighted by molar-refractivity contribution is 8.01. The lowest BCUT2D eigenvalue weighted by Crippen LogP contribution is -2.69. The molecule has 3 aliphatic heterocycles.